The van der Waals surface area contributed by atoms with Gasteiger partial charge in [-0.1, -0.05) is 36.5 Å². The second-order valence-electron chi connectivity index (χ2n) is 6.37. The average Bonchev–Trinajstić information content (AvgIpc) is 3.17. The minimum Gasteiger partial charge on any atom is -0.278 e. The topological polar surface area (TPSA) is 46.1 Å². The predicted octanol–water partition coefficient (Wildman–Crippen LogP) is 5.93. The van der Waals surface area contributed by atoms with Gasteiger partial charge in [-0.25, -0.2) is 13.8 Å². The number of thiazole rings is 1. The van der Waals surface area contributed by atoms with Crippen LogP contribution in [0.5, 0.6) is 0 Å². The van der Waals surface area contributed by atoms with Gasteiger partial charge in [-0.2, -0.15) is 0 Å². The highest BCUT2D eigenvalue weighted by atomic mass is 32.2. The van der Waals surface area contributed by atoms with Crippen LogP contribution in [0.2, 0.25) is 0 Å². The number of thioether (sulfide) groups is 1. The maximum atomic E-state index is 14.2. The van der Waals surface area contributed by atoms with E-state index in [-0.39, 0.29) is 18.0 Å². The van der Waals surface area contributed by atoms with Crippen molar-refractivity contribution >= 4 is 44.4 Å². The lowest BCUT2D eigenvalue weighted by Crippen LogP contribution is -2.31. The number of carbonyl (C=O) groups is 1. The van der Waals surface area contributed by atoms with Gasteiger partial charge in [0.1, 0.15) is 11.3 Å². The van der Waals surface area contributed by atoms with Crippen molar-refractivity contribution in [3.05, 3.63) is 83.7 Å². The Labute approximate surface area is 180 Å². The monoisotopic (exact) mass is 441 g/mol. The van der Waals surface area contributed by atoms with Crippen LogP contribution >= 0.6 is 23.1 Å². The lowest BCUT2D eigenvalue weighted by atomic mass is 10.2. The molecule has 0 aliphatic rings. The molecule has 4 nitrogen and oxygen atoms in total. The number of carbonyl (C=O) groups excluding carboxylic acids is 1. The van der Waals surface area contributed by atoms with E-state index in [1.807, 2.05) is 25.1 Å². The van der Waals surface area contributed by atoms with Crippen LogP contribution in [0.1, 0.15) is 23.0 Å². The van der Waals surface area contributed by atoms with E-state index in [0.717, 1.165) is 28.1 Å². The molecule has 8 heteroatoms. The highest BCUT2D eigenvalue weighted by Gasteiger charge is 2.25. The van der Waals surface area contributed by atoms with Gasteiger partial charge in [0.15, 0.2) is 10.9 Å². The van der Waals surface area contributed by atoms with Crippen molar-refractivity contribution in [2.45, 2.75) is 18.4 Å². The standard InChI is InChI=1S/C22H17F2N3OS2/c1-2-29-18-9-4-3-8-16(18)21(28)27(13-15-7-5-6-10-25-15)22-26-20-17(24)11-14(23)12-19(20)30-22/h3-12H,2,13H2,1H3. The first-order chi connectivity index (χ1) is 14.6. The molecule has 0 fully saturated rings. The number of anilines is 1. The lowest BCUT2D eigenvalue weighted by Gasteiger charge is -2.21. The molecule has 0 unspecified atom stereocenters. The maximum Gasteiger partial charge on any atom is 0.261 e. The van der Waals surface area contributed by atoms with Crippen LogP contribution in [0, 0.1) is 11.6 Å². The van der Waals surface area contributed by atoms with Crippen molar-refractivity contribution < 1.29 is 13.6 Å². The van der Waals surface area contributed by atoms with E-state index in [4.69, 9.17) is 0 Å². The number of halogens is 2. The smallest absolute Gasteiger partial charge is 0.261 e. The molecule has 0 atom stereocenters. The fourth-order valence-corrected chi connectivity index (χ4v) is 4.81. The molecule has 0 saturated heterocycles. The highest BCUT2D eigenvalue weighted by molar-refractivity contribution is 7.99. The Morgan fingerprint density at radius 1 is 1.13 bits per heavy atom. The Morgan fingerprint density at radius 2 is 1.93 bits per heavy atom. The molecular formula is C22H17F2N3OS2. The van der Waals surface area contributed by atoms with Gasteiger partial charge in [-0.3, -0.25) is 14.7 Å². The van der Waals surface area contributed by atoms with Crippen LogP contribution < -0.4 is 4.90 Å². The average molecular weight is 442 g/mol. The third kappa shape index (κ3) is 4.20. The number of nitrogens with zero attached hydrogens (tertiary/aromatic N) is 3. The van der Waals surface area contributed by atoms with Gasteiger partial charge in [0.05, 0.1) is 22.5 Å². The summed E-state index contributed by atoms with van der Waals surface area (Å²) in [7, 11) is 0. The van der Waals surface area contributed by atoms with Crippen LogP contribution in [0.25, 0.3) is 10.2 Å². The predicted molar refractivity (Wildman–Crippen MR) is 117 cm³/mol. The number of pyridine rings is 1. The van der Waals surface area contributed by atoms with Crippen LogP contribution in [0.4, 0.5) is 13.9 Å². The van der Waals surface area contributed by atoms with Crippen LogP contribution in [0.3, 0.4) is 0 Å². The molecule has 0 N–H and O–H groups in total. The molecule has 1 amide bonds. The molecule has 0 saturated carbocycles. The largest absolute Gasteiger partial charge is 0.278 e. The van der Waals surface area contributed by atoms with E-state index < -0.39 is 11.6 Å². The number of aromatic nitrogens is 2. The summed E-state index contributed by atoms with van der Waals surface area (Å²) in [6.45, 7) is 2.18. The first-order valence-corrected chi connectivity index (χ1v) is 11.1. The van der Waals surface area contributed by atoms with Crippen LogP contribution in [-0.4, -0.2) is 21.6 Å². The number of fused-ring (bicyclic) bond motifs is 1. The van der Waals surface area contributed by atoms with E-state index in [1.165, 1.54) is 11.0 Å². The first-order valence-electron chi connectivity index (χ1n) is 9.26. The molecular weight excluding hydrogens is 424 g/mol. The van der Waals surface area contributed by atoms with E-state index in [1.54, 1.807) is 42.2 Å². The van der Waals surface area contributed by atoms with Gasteiger partial charge < -0.3 is 0 Å². The molecule has 0 bridgehead atoms. The number of benzene rings is 2. The Bertz CT molecular complexity index is 1200. The molecule has 0 spiro atoms. The summed E-state index contributed by atoms with van der Waals surface area (Å²) in [6.07, 6.45) is 1.65. The second kappa shape index (κ2) is 8.89. The minimum absolute atomic E-state index is 0.0476. The molecule has 152 valence electrons. The van der Waals surface area contributed by atoms with Gasteiger partial charge in [0.2, 0.25) is 0 Å². The van der Waals surface area contributed by atoms with E-state index in [2.05, 4.69) is 9.97 Å². The number of amides is 1. The molecule has 4 aromatic rings. The number of rotatable bonds is 6. The summed E-state index contributed by atoms with van der Waals surface area (Å²) in [5.41, 5.74) is 1.25. The summed E-state index contributed by atoms with van der Waals surface area (Å²) in [4.78, 5) is 24.5. The van der Waals surface area contributed by atoms with Crippen molar-refractivity contribution in [1.29, 1.82) is 0 Å². The molecule has 2 aromatic carbocycles. The Kier molecular flexibility index (Phi) is 6.06. The fourth-order valence-electron chi connectivity index (χ4n) is 3.01. The van der Waals surface area contributed by atoms with E-state index >= 15 is 0 Å². The van der Waals surface area contributed by atoms with Gasteiger partial charge in [-0.05, 0) is 36.1 Å². The quantitative estimate of drug-likeness (QED) is 0.348. The zero-order valence-electron chi connectivity index (χ0n) is 16.0. The minimum atomic E-state index is -0.750. The molecule has 0 radical (unpaired) electrons. The molecule has 2 heterocycles. The van der Waals surface area contributed by atoms with Gasteiger partial charge in [0, 0.05) is 17.2 Å². The zero-order chi connectivity index (χ0) is 21.1. The number of hydrogen-bond donors (Lipinski definition) is 0. The van der Waals surface area contributed by atoms with Crippen molar-refractivity contribution in [3.8, 4) is 0 Å². The first kappa shape index (κ1) is 20.4. The maximum absolute atomic E-state index is 14.2. The number of hydrogen-bond acceptors (Lipinski definition) is 5. The zero-order valence-corrected chi connectivity index (χ0v) is 17.6. The second-order valence-corrected chi connectivity index (χ2v) is 8.69. The van der Waals surface area contributed by atoms with E-state index in [0.29, 0.717) is 21.1 Å². The molecule has 0 aliphatic carbocycles. The molecule has 2 aromatic heterocycles. The summed E-state index contributed by atoms with van der Waals surface area (Å²) >= 11 is 2.64. The third-order valence-corrected chi connectivity index (χ3v) is 6.32. The van der Waals surface area contributed by atoms with Crippen molar-refractivity contribution in [3.63, 3.8) is 0 Å². The Morgan fingerprint density at radius 3 is 2.70 bits per heavy atom. The van der Waals surface area contributed by atoms with Crippen LogP contribution in [0.15, 0.2) is 65.7 Å². The van der Waals surface area contributed by atoms with E-state index in [9.17, 15) is 13.6 Å². The van der Waals surface area contributed by atoms with Crippen LogP contribution in [-0.2, 0) is 6.54 Å². The van der Waals surface area contributed by atoms with Crippen molar-refractivity contribution in [2.24, 2.45) is 0 Å². The summed E-state index contributed by atoms with van der Waals surface area (Å²) < 4.78 is 28.2. The summed E-state index contributed by atoms with van der Waals surface area (Å²) in [5, 5.41) is 0.293. The summed E-state index contributed by atoms with van der Waals surface area (Å²) in [6, 6.07) is 14.8. The Hall–Kier alpha value is -2.84. The Balaban J connectivity index is 1.81. The van der Waals surface area contributed by atoms with Gasteiger partial charge in [-0.15, -0.1) is 11.8 Å². The fraction of sp³-hybridized carbons (Fsp3) is 0.136. The van der Waals surface area contributed by atoms with Crippen molar-refractivity contribution in [1.82, 2.24) is 9.97 Å². The molecule has 4 rings (SSSR count). The van der Waals surface area contributed by atoms with Gasteiger partial charge in [0.25, 0.3) is 5.91 Å². The molecule has 0 aliphatic heterocycles. The van der Waals surface area contributed by atoms with Gasteiger partial charge >= 0.3 is 0 Å². The van der Waals surface area contributed by atoms with Crippen molar-refractivity contribution in [2.75, 3.05) is 10.7 Å². The third-order valence-electron chi connectivity index (χ3n) is 4.34. The SMILES string of the molecule is CCSc1ccccc1C(=O)N(Cc1ccccn1)c1nc2c(F)cc(F)cc2s1. The summed E-state index contributed by atoms with van der Waals surface area (Å²) in [5.74, 6) is -0.879. The lowest BCUT2D eigenvalue weighted by molar-refractivity contribution is 0.0982. The molecule has 30 heavy (non-hydrogen) atoms. The highest BCUT2D eigenvalue weighted by Crippen LogP contribution is 2.34. The normalized spacial score (nSPS) is 11.0.